The number of hydrogen-bond donors (Lipinski definition) is 2. The van der Waals surface area contributed by atoms with Crippen molar-refractivity contribution < 1.29 is 9.47 Å². The minimum Gasteiger partial charge on any atom is -0.457 e. The van der Waals surface area contributed by atoms with Gasteiger partial charge in [0, 0.05) is 16.8 Å². The first kappa shape index (κ1) is 27.3. The Balaban J connectivity index is 1.22. The van der Waals surface area contributed by atoms with Crippen LogP contribution >= 0.6 is 0 Å². The smallest absolute Gasteiger partial charge is 0.127 e. The zero-order valence-electron chi connectivity index (χ0n) is 23.9. The molecule has 0 aliphatic heterocycles. The molecule has 0 aromatic heterocycles. The minimum absolute atomic E-state index is 0.0114. The van der Waals surface area contributed by atoms with Crippen LogP contribution in [0.5, 0.6) is 23.0 Å². The molecule has 0 unspecified atom stereocenters. The average molecular weight is 547 g/mol. The highest BCUT2D eigenvalue weighted by molar-refractivity contribution is 5.47. The van der Waals surface area contributed by atoms with Gasteiger partial charge in [0.25, 0.3) is 0 Å². The van der Waals surface area contributed by atoms with Crippen molar-refractivity contribution in [3.8, 4) is 23.0 Å². The zero-order chi connectivity index (χ0) is 28.1. The van der Waals surface area contributed by atoms with E-state index in [2.05, 4.69) is 48.5 Å². The molecule has 0 spiro atoms. The highest BCUT2D eigenvalue weighted by Gasteiger charge is 2.39. The lowest BCUT2D eigenvalue weighted by Crippen LogP contribution is -2.33. The van der Waals surface area contributed by atoms with Gasteiger partial charge < -0.3 is 20.9 Å². The van der Waals surface area contributed by atoms with E-state index >= 15 is 0 Å². The summed E-state index contributed by atoms with van der Waals surface area (Å²) in [6.07, 6.45) is 13.5. The molecule has 2 saturated carbocycles. The van der Waals surface area contributed by atoms with E-state index in [1.54, 1.807) is 0 Å². The summed E-state index contributed by atoms with van der Waals surface area (Å²) >= 11 is 0. The molecule has 2 fully saturated rings. The van der Waals surface area contributed by atoms with E-state index in [0.717, 1.165) is 46.2 Å². The maximum absolute atomic E-state index is 6.12. The Morgan fingerprint density at radius 3 is 1.27 bits per heavy atom. The molecule has 6 rings (SSSR count). The molecular formula is C37H42N2O2. The van der Waals surface area contributed by atoms with Gasteiger partial charge in [-0.2, -0.15) is 0 Å². The maximum Gasteiger partial charge on any atom is 0.127 e. The second kappa shape index (κ2) is 12.3. The van der Waals surface area contributed by atoms with Crippen LogP contribution in [0.2, 0.25) is 0 Å². The lowest BCUT2D eigenvalue weighted by molar-refractivity contribution is 0.207. The summed E-state index contributed by atoms with van der Waals surface area (Å²) in [5.41, 5.74) is 15.9. The molecule has 4 nitrogen and oxygen atoms in total. The topological polar surface area (TPSA) is 70.5 Å². The summed E-state index contributed by atoms with van der Waals surface area (Å²) in [7, 11) is 0. The van der Waals surface area contributed by atoms with Crippen molar-refractivity contribution in [2.75, 3.05) is 11.5 Å². The van der Waals surface area contributed by atoms with Crippen LogP contribution in [0.15, 0.2) is 97.1 Å². The highest BCUT2D eigenvalue weighted by Crippen LogP contribution is 2.49. The quantitative estimate of drug-likeness (QED) is 0.216. The van der Waals surface area contributed by atoms with Crippen molar-refractivity contribution in [2.45, 2.75) is 69.6 Å². The van der Waals surface area contributed by atoms with Crippen LogP contribution in [0.3, 0.4) is 0 Å². The molecule has 0 radical (unpaired) electrons. The number of nitrogens with two attached hydrogens (primary N) is 2. The summed E-state index contributed by atoms with van der Waals surface area (Å²) < 4.78 is 12.2. The Labute approximate surface area is 244 Å². The van der Waals surface area contributed by atoms with E-state index in [-0.39, 0.29) is 5.41 Å². The summed E-state index contributed by atoms with van der Waals surface area (Å²) in [6, 6.07) is 32.6. The predicted molar refractivity (Wildman–Crippen MR) is 169 cm³/mol. The summed E-state index contributed by atoms with van der Waals surface area (Å²) in [5, 5.41) is 0. The Kier molecular flexibility index (Phi) is 8.18. The lowest BCUT2D eigenvalue weighted by Gasteiger charge is -2.42. The molecular weight excluding hydrogens is 504 g/mol. The zero-order valence-corrected chi connectivity index (χ0v) is 23.9. The fourth-order valence-electron chi connectivity index (χ4n) is 7.07. The van der Waals surface area contributed by atoms with Gasteiger partial charge in [-0.3, -0.25) is 0 Å². The SMILES string of the molecule is Nc1ccc(Oc2ccc(C3(c4ccc(Oc5ccc(N)cc5)cc4)CCC(CC4CCCCC4)CC3)cc2)cc1. The summed E-state index contributed by atoms with van der Waals surface area (Å²) in [5.74, 6) is 5.05. The predicted octanol–water partition coefficient (Wildman–Crippen LogP) is 9.88. The van der Waals surface area contributed by atoms with Crippen molar-refractivity contribution in [1.82, 2.24) is 0 Å². The second-order valence-electron chi connectivity index (χ2n) is 12.2. The monoisotopic (exact) mass is 546 g/mol. The highest BCUT2D eigenvalue weighted by atomic mass is 16.5. The Morgan fingerprint density at radius 1 is 0.488 bits per heavy atom. The molecule has 0 atom stereocenters. The van der Waals surface area contributed by atoms with Crippen molar-refractivity contribution in [1.29, 1.82) is 0 Å². The molecule has 2 aliphatic carbocycles. The van der Waals surface area contributed by atoms with Crippen LogP contribution in [0, 0.1) is 11.8 Å². The summed E-state index contributed by atoms with van der Waals surface area (Å²) in [6.45, 7) is 0. The number of hydrogen-bond acceptors (Lipinski definition) is 4. The largest absolute Gasteiger partial charge is 0.457 e. The van der Waals surface area contributed by atoms with Crippen LogP contribution in [0.4, 0.5) is 11.4 Å². The Bertz CT molecular complexity index is 1290. The van der Waals surface area contributed by atoms with Crippen LogP contribution in [0.25, 0.3) is 0 Å². The molecule has 0 saturated heterocycles. The first-order valence-corrected chi connectivity index (χ1v) is 15.3. The molecule has 0 heterocycles. The normalized spacial score (nSPS) is 17.7. The molecule has 4 aromatic rings. The Hall–Kier alpha value is -3.92. The number of rotatable bonds is 8. The van der Waals surface area contributed by atoms with Crippen LogP contribution in [-0.2, 0) is 5.41 Å². The molecule has 0 bridgehead atoms. The Morgan fingerprint density at radius 2 is 0.854 bits per heavy atom. The van der Waals surface area contributed by atoms with E-state index in [1.165, 1.54) is 75.3 Å². The standard InChI is InChI=1S/C37H42N2O2/c38-31-10-18-35(19-11-31)40-33-14-6-29(7-15-33)37(24-22-28(23-25-37)26-27-4-2-1-3-5-27)30-8-16-34(17-9-30)41-36-20-12-32(39)13-21-36/h6-21,27-28H,1-5,22-26,38-39H2. The van der Waals surface area contributed by atoms with E-state index < -0.39 is 0 Å². The molecule has 4 aromatic carbocycles. The van der Waals surface area contributed by atoms with Gasteiger partial charge in [-0.05, 0) is 128 Å². The van der Waals surface area contributed by atoms with Gasteiger partial charge in [0.2, 0.25) is 0 Å². The molecule has 4 N–H and O–H groups in total. The molecule has 4 heteroatoms. The molecule has 0 amide bonds. The third kappa shape index (κ3) is 6.53. The van der Waals surface area contributed by atoms with Gasteiger partial charge in [0.05, 0.1) is 0 Å². The minimum atomic E-state index is -0.0114. The van der Waals surface area contributed by atoms with E-state index in [9.17, 15) is 0 Å². The van der Waals surface area contributed by atoms with Gasteiger partial charge >= 0.3 is 0 Å². The van der Waals surface area contributed by atoms with Crippen molar-refractivity contribution in [2.24, 2.45) is 11.8 Å². The fraction of sp³-hybridized carbons (Fsp3) is 0.351. The van der Waals surface area contributed by atoms with Crippen molar-refractivity contribution in [3.63, 3.8) is 0 Å². The van der Waals surface area contributed by atoms with Gasteiger partial charge in [-0.25, -0.2) is 0 Å². The number of nitrogen functional groups attached to an aromatic ring is 2. The van der Waals surface area contributed by atoms with Gasteiger partial charge in [0.1, 0.15) is 23.0 Å². The molecule has 2 aliphatic rings. The lowest BCUT2D eigenvalue weighted by atomic mass is 9.62. The van der Waals surface area contributed by atoms with Crippen LogP contribution in [0.1, 0.15) is 75.3 Å². The first-order valence-electron chi connectivity index (χ1n) is 15.3. The fourth-order valence-corrected chi connectivity index (χ4v) is 7.07. The van der Waals surface area contributed by atoms with Gasteiger partial charge in [-0.15, -0.1) is 0 Å². The van der Waals surface area contributed by atoms with Crippen molar-refractivity contribution >= 4 is 11.4 Å². The number of ether oxygens (including phenoxy) is 2. The number of anilines is 2. The van der Waals surface area contributed by atoms with Crippen LogP contribution < -0.4 is 20.9 Å². The third-order valence-corrected chi connectivity index (χ3v) is 9.40. The van der Waals surface area contributed by atoms with E-state index in [0.29, 0.717) is 0 Å². The van der Waals surface area contributed by atoms with E-state index in [1.807, 2.05) is 48.5 Å². The van der Waals surface area contributed by atoms with E-state index in [4.69, 9.17) is 20.9 Å². The molecule has 41 heavy (non-hydrogen) atoms. The third-order valence-electron chi connectivity index (χ3n) is 9.40. The average Bonchev–Trinajstić information content (AvgIpc) is 3.01. The number of benzene rings is 4. The van der Waals surface area contributed by atoms with Gasteiger partial charge in [-0.1, -0.05) is 56.4 Å². The van der Waals surface area contributed by atoms with Gasteiger partial charge in [0.15, 0.2) is 0 Å². The van der Waals surface area contributed by atoms with Crippen LogP contribution in [-0.4, -0.2) is 0 Å². The summed E-state index contributed by atoms with van der Waals surface area (Å²) in [4.78, 5) is 0. The second-order valence-corrected chi connectivity index (χ2v) is 12.2. The van der Waals surface area contributed by atoms with Crippen molar-refractivity contribution in [3.05, 3.63) is 108 Å². The maximum atomic E-state index is 6.12. The first-order chi connectivity index (χ1) is 20.1. The molecule has 212 valence electrons.